The predicted molar refractivity (Wildman–Crippen MR) is 115 cm³/mol. The molecule has 0 radical (unpaired) electrons. The molecule has 9 heteroatoms. The van der Waals surface area contributed by atoms with Gasteiger partial charge in [-0.2, -0.15) is 18.6 Å². The Kier molecular flexibility index (Phi) is 4.88. The molecular formula is C23H20F2N4O3. The fourth-order valence-corrected chi connectivity index (χ4v) is 3.85. The van der Waals surface area contributed by atoms with Crippen LogP contribution in [0.4, 0.5) is 8.78 Å². The zero-order valence-electron chi connectivity index (χ0n) is 17.2. The van der Waals surface area contributed by atoms with Crippen molar-refractivity contribution >= 4 is 11.0 Å². The molecule has 0 aliphatic heterocycles. The minimum absolute atomic E-state index is 0.0146. The number of aromatic nitrogens is 4. The van der Waals surface area contributed by atoms with Crippen LogP contribution in [-0.2, 0) is 13.6 Å². The maximum absolute atomic E-state index is 13.6. The molecule has 0 saturated heterocycles. The fourth-order valence-electron chi connectivity index (χ4n) is 3.85. The van der Waals surface area contributed by atoms with Crippen molar-refractivity contribution in [2.45, 2.75) is 26.0 Å². The minimum Gasteiger partial charge on any atom is -0.435 e. The van der Waals surface area contributed by atoms with Crippen LogP contribution in [-0.4, -0.2) is 25.5 Å². The lowest BCUT2D eigenvalue weighted by Crippen LogP contribution is -2.25. The highest BCUT2D eigenvalue weighted by Gasteiger charge is 2.25. The van der Waals surface area contributed by atoms with Crippen LogP contribution < -0.4 is 15.9 Å². The molecule has 4 aromatic rings. The van der Waals surface area contributed by atoms with Crippen molar-refractivity contribution in [3.8, 4) is 22.6 Å². The summed E-state index contributed by atoms with van der Waals surface area (Å²) in [4.78, 5) is 25.4. The normalized spacial score (nSPS) is 13.8. The van der Waals surface area contributed by atoms with E-state index in [9.17, 15) is 18.4 Å². The summed E-state index contributed by atoms with van der Waals surface area (Å²) in [5, 5.41) is 4.55. The second kappa shape index (κ2) is 7.74. The highest BCUT2D eigenvalue weighted by molar-refractivity contribution is 5.91. The molecule has 32 heavy (non-hydrogen) atoms. The molecule has 0 unspecified atom stereocenters. The largest absolute Gasteiger partial charge is 0.435 e. The lowest BCUT2D eigenvalue weighted by molar-refractivity contribution is -0.0498. The third-order valence-corrected chi connectivity index (χ3v) is 5.63. The van der Waals surface area contributed by atoms with Gasteiger partial charge in [0.15, 0.2) is 0 Å². The monoisotopic (exact) mass is 438 g/mol. The third kappa shape index (κ3) is 3.70. The van der Waals surface area contributed by atoms with Crippen LogP contribution in [0.2, 0.25) is 0 Å². The Bertz CT molecular complexity index is 1420. The topological polar surface area (TPSA) is 71.0 Å². The summed E-state index contributed by atoms with van der Waals surface area (Å²) in [7, 11) is 1.60. The number of ether oxygens (including phenoxy) is 1. The van der Waals surface area contributed by atoms with Crippen LogP contribution >= 0.6 is 0 Å². The first kappa shape index (κ1) is 20.2. The van der Waals surface area contributed by atoms with Crippen LogP contribution in [0.25, 0.3) is 27.8 Å². The number of fused-ring (bicyclic) bond motifs is 1. The van der Waals surface area contributed by atoms with Gasteiger partial charge >= 0.3 is 6.61 Å². The summed E-state index contributed by atoms with van der Waals surface area (Å²) >= 11 is 0. The molecule has 1 aliphatic carbocycles. The second-order valence-electron chi connectivity index (χ2n) is 7.98. The Morgan fingerprint density at radius 2 is 1.84 bits per heavy atom. The zero-order valence-corrected chi connectivity index (χ0v) is 17.2. The van der Waals surface area contributed by atoms with Crippen LogP contribution in [0.5, 0.6) is 5.75 Å². The maximum Gasteiger partial charge on any atom is 0.387 e. The first-order valence-corrected chi connectivity index (χ1v) is 10.2. The lowest BCUT2D eigenvalue weighted by atomic mass is 10.1. The van der Waals surface area contributed by atoms with E-state index in [-0.39, 0.29) is 16.9 Å². The molecule has 0 N–H and O–H groups in total. The quantitative estimate of drug-likeness (QED) is 0.462. The molecule has 164 valence electrons. The van der Waals surface area contributed by atoms with E-state index < -0.39 is 6.61 Å². The van der Waals surface area contributed by atoms with Gasteiger partial charge in [0.1, 0.15) is 11.3 Å². The van der Waals surface area contributed by atoms with E-state index >= 15 is 0 Å². The van der Waals surface area contributed by atoms with Crippen LogP contribution in [0.3, 0.4) is 0 Å². The average molecular weight is 438 g/mol. The van der Waals surface area contributed by atoms with Crippen molar-refractivity contribution < 1.29 is 13.5 Å². The summed E-state index contributed by atoms with van der Waals surface area (Å²) < 4.78 is 34.2. The molecule has 5 rings (SSSR count). The van der Waals surface area contributed by atoms with E-state index in [2.05, 4.69) is 9.84 Å². The molecule has 1 fully saturated rings. The van der Waals surface area contributed by atoms with Crippen LogP contribution in [0.15, 0.2) is 64.4 Å². The van der Waals surface area contributed by atoms with Crippen molar-refractivity contribution in [3.05, 3.63) is 75.6 Å². The number of rotatable bonds is 6. The van der Waals surface area contributed by atoms with Gasteiger partial charge in [0.2, 0.25) is 5.56 Å². The summed E-state index contributed by atoms with van der Waals surface area (Å²) in [6.07, 6.45) is 5.76. The molecule has 3 heterocycles. The van der Waals surface area contributed by atoms with Crippen molar-refractivity contribution in [1.29, 1.82) is 0 Å². The number of nitrogens with zero attached hydrogens (tertiary/aromatic N) is 4. The second-order valence-corrected chi connectivity index (χ2v) is 7.98. The summed E-state index contributed by atoms with van der Waals surface area (Å²) in [5.74, 6) is 0.590. The molecule has 0 amide bonds. The van der Waals surface area contributed by atoms with Crippen LogP contribution in [0, 0.1) is 5.92 Å². The summed E-state index contributed by atoms with van der Waals surface area (Å²) in [6, 6.07) is 10.8. The van der Waals surface area contributed by atoms with Crippen LogP contribution in [0.1, 0.15) is 12.8 Å². The Morgan fingerprint density at radius 3 is 2.50 bits per heavy atom. The fraction of sp³-hybridized carbons (Fsp3) is 0.261. The van der Waals surface area contributed by atoms with Crippen molar-refractivity contribution in [3.63, 3.8) is 0 Å². The van der Waals surface area contributed by atoms with Crippen molar-refractivity contribution in [2.24, 2.45) is 13.0 Å². The molecule has 0 bridgehead atoms. The van der Waals surface area contributed by atoms with Gasteiger partial charge in [0.05, 0.1) is 16.8 Å². The number of benzene rings is 1. The van der Waals surface area contributed by atoms with E-state index in [0.717, 1.165) is 19.4 Å². The average Bonchev–Trinajstić information content (AvgIpc) is 3.49. The highest BCUT2D eigenvalue weighted by atomic mass is 19.3. The maximum atomic E-state index is 13.6. The zero-order chi connectivity index (χ0) is 22.4. The first-order chi connectivity index (χ1) is 15.4. The van der Waals surface area contributed by atoms with E-state index in [4.69, 9.17) is 0 Å². The van der Waals surface area contributed by atoms with Gasteiger partial charge < -0.3 is 13.9 Å². The van der Waals surface area contributed by atoms with Gasteiger partial charge in [-0.1, -0.05) is 12.1 Å². The highest BCUT2D eigenvalue weighted by Crippen LogP contribution is 2.34. The molecule has 3 aromatic heterocycles. The van der Waals surface area contributed by atoms with Gasteiger partial charge in [0, 0.05) is 32.1 Å². The Morgan fingerprint density at radius 1 is 1.09 bits per heavy atom. The standard InChI is InChI=1S/C23H20F2N4O3/c1-27-13-16(6-9-19(27)30)29-22(31)20(15-4-7-17(8-5-15)32-23(24)25)21-18(26-29)10-11-28(21)12-14-2-3-14/h4-11,13-14,23H,2-3,12H2,1H3. The molecule has 1 aliphatic rings. The van der Waals surface area contributed by atoms with Gasteiger partial charge in [-0.3, -0.25) is 9.59 Å². The molecule has 1 saturated carbocycles. The number of halogens is 2. The van der Waals surface area contributed by atoms with E-state index in [1.165, 1.54) is 27.4 Å². The third-order valence-electron chi connectivity index (χ3n) is 5.63. The van der Waals surface area contributed by atoms with Gasteiger partial charge in [-0.05, 0) is 48.6 Å². The van der Waals surface area contributed by atoms with Gasteiger partial charge in [-0.25, -0.2) is 0 Å². The van der Waals surface area contributed by atoms with Crippen molar-refractivity contribution in [2.75, 3.05) is 0 Å². The number of pyridine rings is 1. The summed E-state index contributed by atoms with van der Waals surface area (Å²) in [6.45, 7) is -2.14. The van der Waals surface area contributed by atoms with Gasteiger partial charge in [-0.15, -0.1) is 0 Å². The lowest BCUT2D eigenvalue weighted by Gasteiger charge is -2.13. The SMILES string of the molecule is Cn1cc(-n2nc3ccn(CC4CC4)c3c(-c3ccc(OC(F)F)cc3)c2=O)ccc1=O. The minimum atomic E-state index is -2.92. The van der Waals surface area contributed by atoms with Gasteiger partial charge in [0.25, 0.3) is 5.56 Å². The number of hydrogen-bond donors (Lipinski definition) is 0. The van der Waals surface area contributed by atoms with Crippen molar-refractivity contribution in [1.82, 2.24) is 18.9 Å². The molecule has 0 spiro atoms. The Labute approximate surface area is 181 Å². The van der Waals surface area contributed by atoms with E-state index in [1.807, 2.05) is 16.8 Å². The Balaban J connectivity index is 1.73. The molecule has 7 nitrogen and oxygen atoms in total. The number of hydrogen-bond acceptors (Lipinski definition) is 4. The van der Waals surface area contributed by atoms with E-state index in [0.29, 0.717) is 33.8 Å². The molecule has 1 aromatic carbocycles. The Hall–Kier alpha value is -3.75. The predicted octanol–water partition coefficient (Wildman–Crippen LogP) is 3.56. The number of aryl methyl sites for hydroxylation is 1. The first-order valence-electron chi connectivity index (χ1n) is 10.2. The molecule has 0 atom stereocenters. The molecular weight excluding hydrogens is 418 g/mol. The number of alkyl halides is 2. The smallest absolute Gasteiger partial charge is 0.387 e. The van der Waals surface area contributed by atoms with E-state index in [1.54, 1.807) is 31.4 Å². The summed E-state index contributed by atoms with van der Waals surface area (Å²) in [5.41, 5.74) is 2.19.